The number of hydrogen-bond donors (Lipinski definition) is 3. The molecule has 1 aliphatic carbocycles. The van der Waals surface area contributed by atoms with Crippen molar-refractivity contribution in [3.63, 3.8) is 0 Å². The number of rotatable bonds is 13. The number of aliphatic carboxylic acids is 1. The van der Waals surface area contributed by atoms with Crippen molar-refractivity contribution in [2.24, 2.45) is 0 Å². The van der Waals surface area contributed by atoms with Gasteiger partial charge in [-0.3, -0.25) is 9.59 Å². The van der Waals surface area contributed by atoms with Gasteiger partial charge in [-0.25, -0.2) is 4.79 Å². The molecule has 1 aliphatic rings. The Kier molecular flexibility index (Phi) is 9.82. The Labute approximate surface area is 204 Å². The van der Waals surface area contributed by atoms with E-state index in [9.17, 15) is 14.4 Å². The van der Waals surface area contributed by atoms with Crippen LogP contribution in [0, 0.1) is 0 Å². The highest BCUT2D eigenvalue weighted by Crippen LogP contribution is 2.44. The molecular weight excluding hydrogens is 452 g/mol. The number of ether oxygens (including phenoxy) is 1. The summed E-state index contributed by atoms with van der Waals surface area (Å²) in [6.45, 7) is 0.640. The summed E-state index contributed by atoms with van der Waals surface area (Å²) in [7, 11) is 0. The maximum Gasteiger partial charge on any atom is 0.407 e. The smallest absolute Gasteiger partial charge is 0.407 e. The molecule has 2 amide bonds. The molecule has 0 saturated heterocycles. The summed E-state index contributed by atoms with van der Waals surface area (Å²) in [5, 5.41) is 14.3. The van der Waals surface area contributed by atoms with Crippen molar-refractivity contribution in [2.45, 2.75) is 44.1 Å². The fraction of sp³-hybridized carbons (Fsp3) is 0.423. The van der Waals surface area contributed by atoms with Crippen molar-refractivity contribution >= 4 is 29.7 Å². The van der Waals surface area contributed by atoms with E-state index in [1.165, 1.54) is 0 Å². The molecule has 1 atom stereocenters. The third kappa shape index (κ3) is 7.00. The van der Waals surface area contributed by atoms with Crippen molar-refractivity contribution in [3.05, 3.63) is 59.7 Å². The molecule has 0 fully saturated rings. The number of hydrogen-bond acceptors (Lipinski definition) is 5. The second-order valence-electron chi connectivity index (χ2n) is 8.30. The van der Waals surface area contributed by atoms with Crippen LogP contribution in [0.4, 0.5) is 4.79 Å². The average molecular weight is 485 g/mol. The van der Waals surface area contributed by atoms with Crippen molar-refractivity contribution in [1.29, 1.82) is 0 Å². The number of fused-ring (bicyclic) bond motifs is 3. The molecule has 182 valence electrons. The van der Waals surface area contributed by atoms with Crippen molar-refractivity contribution in [3.8, 4) is 11.1 Å². The van der Waals surface area contributed by atoms with E-state index in [4.69, 9.17) is 9.84 Å². The van der Waals surface area contributed by atoms with Crippen LogP contribution < -0.4 is 10.6 Å². The van der Waals surface area contributed by atoms with Gasteiger partial charge in [-0.05, 0) is 53.5 Å². The minimum absolute atomic E-state index is 0.0394. The van der Waals surface area contributed by atoms with Crippen LogP contribution in [0.1, 0.15) is 49.1 Å². The predicted molar refractivity (Wildman–Crippen MR) is 134 cm³/mol. The zero-order chi connectivity index (χ0) is 24.3. The van der Waals surface area contributed by atoms with Crippen LogP contribution in [0.25, 0.3) is 11.1 Å². The first-order valence-corrected chi connectivity index (χ1v) is 13.0. The van der Waals surface area contributed by atoms with Crippen molar-refractivity contribution in [2.75, 3.05) is 25.2 Å². The van der Waals surface area contributed by atoms with E-state index in [-0.39, 0.29) is 24.9 Å². The van der Waals surface area contributed by atoms with Gasteiger partial charge in [-0.2, -0.15) is 11.8 Å². The molecule has 0 heterocycles. The van der Waals surface area contributed by atoms with Crippen LogP contribution in [0.5, 0.6) is 0 Å². The fourth-order valence-electron chi connectivity index (χ4n) is 4.20. The minimum Gasteiger partial charge on any atom is -0.481 e. The molecule has 7 nitrogen and oxygen atoms in total. The molecular formula is C26H32N2O5S. The van der Waals surface area contributed by atoms with Gasteiger partial charge < -0.3 is 20.5 Å². The molecule has 3 N–H and O–H groups in total. The second-order valence-corrected chi connectivity index (χ2v) is 9.28. The SMILES string of the molecule is CSCCC(NC(=O)OCC1c2ccccc2-c2ccccc21)C(=O)NCCCCCC(=O)O. The summed E-state index contributed by atoms with van der Waals surface area (Å²) in [4.78, 5) is 35.8. The van der Waals surface area contributed by atoms with E-state index >= 15 is 0 Å². The third-order valence-corrected chi connectivity index (χ3v) is 6.57. The molecule has 1 unspecified atom stereocenters. The first kappa shape index (κ1) is 25.6. The van der Waals surface area contributed by atoms with Gasteiger partial charge in [0.05, 0.1) is 0 Å². The number of nitrogens with one attached hydrogen (secondary N) is 2. The standard InChI is InChI=1S/C26H32N2O5S/c1-34-16-14-23(25(31)27-15-8-2-3-13-24(29)30)28-26(32)33-17-22-20-11-6-4-9-18(20)19-10-5-7-12-21(19)22/h4-7,9-12,22-23H,2-3,8,13-17H2,1H3,(H,27,31)(H,28,32)(H,29,30). The summed E-state index contributed by atoms with van der Waals surface area (Å²) in [6.07, 6.45) is 3.97. The van der Waals surface area contributed by atoms with Gasteiger partial charge in [0.2, 0.25) is 5.91 Å². The van der Waals surface area contributed by atoms with E-state index in [0.717, 1.165) is 34.4 Å². The molecule has 2 aromatic rings. The van der Waals surface area contributed by atoms with E-state index in [1.807, 2.05) is 30.5 Å². The normalized spacial score (nSPS) is 13.0. The van der Waals surface area contributed by atoms with E-state index in [2.05, 4.69) is 34.9 Å². The van der Waals surface area contributed by atoms with Crippen LogP contribution in [0.3, 0.4) is 0 Å². The van der Waals surface area contributed by atoms with Crippen LogP contribution in [0.2, 0.25) is 0 Å². The lowest BCUT2D eigenvalue weighted by molar-refractivity contribution is -0.137. The Bertz CT molecular complexity index is 951. The largest absolute Gasteiger partial charge is 0.481 e. The summed E-state index contributed by atoms with van der Waals surface area (Å²) in [5.74, 6) is -0.378. The highest BCUT2D eigenvalue weighted by molar-refractivity contribution is 7.98. The highest BCUT2D eigenvalue weighted by atomic mass is 32.2. The van der Waals surface area contributed by atoms with Gasteiger partial charge in [0.25, 0.3) is 0 Å². The number of carboxylic acids is 1. The Morgan fingerprint density at radius 3 is 2.26 bits per heavy atom. The summed E-state index contributed by atoms with van der Waals surface area (Å²) in [5.41, 5.74) is 4.59. The zero-order valence-electron chi connectivity index (χ0n) is 19.4. The molecule has 0 saturated carbocycles. The molecule has 0 spiro atoms. The predicted octanol–water partition coefficient (Wildman–Crippen LogP) is 4.41. The zero-order valence-corrected chi connectivity index (χ0v) is 20.2. The van der Waals surface area contributed by atoms with E-state index in [0.29, 0.717) is 25.8 Å². The maximum absolute atomic E-state index is 12.6. The topological polar surface area (TPSA) is 105 Å². The van der Waals surface area contributed by atoms with Gasteiger partial charge >= 0.3 is 12.1 Å². The molecule has 3 rings (SSSR count). The number of amides is 2. The van der Waals surface area contributed by atoms with E-state index < -0.39 is 18.1 Å². The molecule has 0 bridgehead atoms. The lowest BCUT2D eigenvalue weighted by Gasteiger charge is -2.19. The average Bonchev–Trinajstić information content (AvgIpc) is 3.16. The van der Waals surface area contributed by atoms with Gasteiger partial charge in [0.1, 0.15) is 12.6 Å². The quantitative estimate of drug-likeness (QED) is 0.364. The number of carbonyl (C=O) groups is 3. The van der Waals surface area contributed by atoms with Gasteiger partial charge in [-0.15, -0.1) is 0 Å². The summed E-state index contributed by atoms with van der Waals surface area (Å²) < 4.78 is 5.59. The molecule has 0 aromatic heterocycles. The maximum atomic E-state index is 12.6. The number of benzene rings is 2. The van der Waals surface area contributed by atoms with Crippen LogP contribution in [-0.2, 0) is 14.3 Å². The Balaban J connectivity index is 1.52. The highest BCUT2D eigenvalue weighted by Gasteiger charge is 2.29. The van der Waals surface area contributed by atoms with Crippen LogP contribution in [0.15, 0.2) is 48.5 Å². The van der Waals surface area contributed by atoms with Crippen LogP contribution in [-0.4, -0.2) is 54.3 Å². The monoisotopic (exact) mass is 484 g/mol. The Hall–Kier alpha value is -3.00. The Morgan fingerprint density at radius 2 is 1.65 bits per heavy atom. The number of carbonyl (C=O) groups excluding carboxylic acids is 2. The second kappa shape index (κ2) is 13.0. The van der Waals surface area contributed by atoms with E-state index in [1.54, 1.807) is 11.8 Å². The summed E-state index contributed by atoms with van der Waals surface area (Å²) in [6, 6.07) is 15.6. The first-order chi connectivity index (χ1) is 16.5. The minimum atomic E-state index is -0.812. The molecule has 0 radical (unpaired) electrons. The lowest BCUT2D eigenvalue weighted by atomic mass is 9.98. The van der Waals surface area contributed by atoms with Crippen molar-refractivity contribution in [1.82, 2.24) is 10.6 Å². The van der Waals surface area contributed by atoms with Crippen LogP contribution >= 0.6 is 11.8 Å². The number of carboxylic acid groups (broad SMARTS) is 1. The first-order valence-electron chi connectivity index (χ1n) is 11.6. The molecule has 2 aromatic carbocycles. The summed E-state index contributed by atoms with van der Waals surface area (Å²) >= 11 is 1.60. The third-order valence-electron chi connectivity index (χ3n) is 5.93. The molecule has 34 heavy (non-hydrogen) atoms. The molecule has 8 heteroatoms. The fourth-order valence-corrected chi connectivity index (χ4v) is 4.67. The number of unbranched alkanes of at least 4 members (excludes halogenated alkanes) is 2. The Morgan fingerprint density at radius 1 is 1.00 bits per heavy atom. The number of thioether (sulfide) groups is 1. The van der Waals surface area contributed by atoms with Crippen molar-refractivity contribution < 1.29 is 24.2 Å². The van der Waals surface area contributed by atoms with Gasteiger partial charge in [0.15, 0.2) is 0 Å². The number of alkyl carbamates (subject to hydrolysis) is 1. The van der Waals surface area contributed by atoms with Gasteiger partial charge in [0, 0.05) is 18.9 Å². The molecule has 0 aliphatic heterocycles. The lowest BCUT2D eigenvalue weighted by Crippen LogP contribution is -2.47. The van der Waals surface area contributed by atoms with Gasteiger partial charge in [-0.1, -0.05) is 55.0 Å².